The highest BCUT2D eigenvalue weighted by atomic mass is 127. The molecule has 0 radical (unpaired) electrons. The number of nitrogens with one attached hydrogen (secondary N) is 3. The minimum atomic E-state index is 0. The van der Waals surface area contributed by atoms with Gasteiger partial charge in [-0.1, -0.05) is 25.7 Å². The average Bonchev–Trinajstić information content (AvgIpc) is 3.34. The van der Waals surface area contributed by atoms with Gasteiger partial charge in [0.2, 0.25) is 5.91 Å². The predicted molar refractivity (Wildman–Crippen MR) is 126 cm³/mol. The van der Waals surface area contributed by atoms with Gasteiger partial charge in [-0.05, 0) is 50.4 Å². The van der Waals surface area contributed by atoms with E-state index in [1.165, 1.54) is 51.4 Å². The Bertz CT molecular complexity index is 461. The molecule has 0 saturated heterocycles. The van der Waals surface area contributed by atoms with Crippen LogP contribution in [0.5, 0.6) is 0 Å². The van der Waals surface area contributed by atoms with Crippen LogP contribution in [0, 0.1) is 11.3 Å². The van der Waals surface area contributed by atoms with Crippen LogP contribution in [0.4, 0.5) is 0 Å². The third kappa shape index (κ3) is 9.29. The highest BCUT2D eigenvalue weighted by molar-refractivity contribution is 14.0. The highest BCUT2D eigenvalue weighted by Gasteiger charge is 2.33. The number of amides is 1. The van der Waals surface area contributed by atoms with Crippen molar-refractivity contribution >= 4 is 35.8 Å². The van der Waals surface area contributed by atoms with E-state index in [4.69, 9.17) is 9.73 Å². The van der Waals surface area contributed by atoms with Crippen LogP contribution in [0.15, 0.2) is 4.99 Å². The molecule has 2 rings (SSSR count). The second kappa shape index (κ2) is 14.4. The standard InChI is InChI=1S/C21H40N4O2.HI/c1-3-22-20(25-17-21(12-15-27-2)10-6-7-11-21)24-14-13-23-19(26)16-18-8-4-5-9-18;/h18H,3-17H2,1-2H3,(H,23,26)(H2,22,24,25);1H. The fourth-order valence-corrected chi connectivity index (χ4v) is 4.45. The summed E-state index contributed by atoms with van der Waals surface area (Å²) in [7, 11) is 1.78. The molecule has 0 atom stereocenters. The Kier molecular flexibility index (Phi) is 13.1. The maximum absolute atomic E-state index is 12.0. The Morgan fingerprint density at radius 3 is 2.39 bits per heavy atom. The van der Waals surface area contributed by atoms with Gasteiger partial charge in [-0.25, -0.2) is 0 Å². The van der Waals surface area contributed by atoms with Gasteiger partial charge in [-0.3, -0.25) is 9.79 Å². The molecule has 6 nitrogen and oxygen atoms in total. The van der Waals surface area contributed by atoms with E-state index in [0.717, 1.165) is 32.1 Å². The third-order valence-electron chi connectivity index (χ3n) is 6.11. The first-order valence-corrected chi connectivity index (χ1v) is 11.0. The molecule has 0 aromatic carbocycles. The molecule has 28 heavy (non-hydrogen) atoms. The molecule has 2 fully saturated rings. The van der Waals surface area contributed by atoms with Gasteiger partial charge in [0.1, 0.15) is 0 Å². The van der Waals surface area contributed by atoms with Gasteiger partial charge in [0.05, 0.1) is 0 Å². The lowest BCUT2D eigenvalue weighted by atomic mass is 9.83. The lowest BCUT2D eigenvalue weighted by Gasteiger charge is -2.27. The molecule has 7 heteroatoms. The van der Waals surface area contributed by atoms with E-state index in [0.29, 0.717) is 30.8 Å². The Labute approximate surface area is 188 Å². The molecule has 2 aliphatic carbocycles. The number of hydrogen-bond donors (Lipinski definition) is 3. The molecular weight excluding hydrogens is 467 g/mol. The second-order valence-corrected chi connectivity index (χ2v) is 8.28. The summed E-state index contributed by atoms with van der Waals surface area (Å²) in [4.78, 5) is 16.9. The largest absolute Gasteiger partial charge is 0.385 e. The van der Waals surface area contributed by atoms with Crippen LogP contribution < -0.4 is 16.0 Å². The van der Waals surface area contributed by atoms with E-state index in [-0.39, 0.29) is 29.9 Å². The summed E-state index contributed by atoms with van der Waals surface area (Å²) in [6, 6.07) is 0. The van der Waals surface area contributed by atoms with Crippen molar-refractivity contribution < 1.29 is 9.53 Å². The fourth-order valence-electron chi connectivity index (χ4n) is 4.45. The van der Waals surface area contributed by atoms with Gasteiger partial charge in [-0.2, -0.15) is 0 Å². The molecule has 3 N–H and O–H groups in total. The van der Waals surface area contributed by atoms with Crippen LogP contribution in [0.1, 0.15) is 71.1 Å². The number of guanidine groups is 1. The van der Waals surface area contributed by atoms with E-state index < -0.39 is 0 Å². The molecule has 2 aliphatic rings. The molecule has 0 bridgehead atoms. The van der Waals surface area contributed by atoms with E-state index >= 15 is 0 Å². The Hall–Kier alpha value is -0.570. The topological polar surface area (TPSA) is 74.8 Å². The van der Waals surface area contributed by atoms with Gasteiger partial charge in [0, 0.05) is 46.3 Å². The molecule has 0 unspecified atom stereocenters. The molecule has 164 valence electrons. The first kappa shape index (κ1) is 25.5. The third-order valence-corrected chi connectivity index (χ3v) is 6.11. The Balaban J connectivity index is 0.00000392. The smallest absolute Gasteiger partial charge is 0.220 e. The summed E-state index contributed by atoms with van der Waals surface area (Å²) in [6.45, 7) is 5.92. The molecule has 0 aromatic rings. The van der Waals surface area contributed by atoms with Gasteiger partial charge in [0.15, 0.2) is 5.96 Å². The number of carbonyl (C=O) groups excluding carboxylic acids is 1. The van der Waals surface area contributed by atoms with Crippen molar-refractivity contribution in [2.75, 3.05) is 39.9 Å². The van der Waals surface area contributed by atoms with Crippen molar-refractivity contribution in [2.24, 2.45) is 16.3 Å². The average molecular weight is 508 g/mol. The monoisotopic (exact) mass is 508 g/mol. The molecule has 2 saturated carbocycles. The number of nitrogens with zero attached hydrogens (tertiary/aromatic N) is 1. The van der Waals surface area contributed by atoms with E-state index in [1.54, 1.807) is 7.11 Å². The quantitative estimate of drug-likeness (QED) is 0.173. The minimum absolute atomic E-state index is 0. The molecule has 0 spiro atoms. The van der Waals surface area contributed by atoms with Crippen molar-refractivity contribution in [3.63, 3.8) is 0 Å². The van der Waals surface area contributed by atoms with E-state index in [9.17, 15) is 4.79 Å². The van der Waals surface area contributed by atoms with Crippen molar-refractivity contribution in [3.05, 3.63) is 0 Å². The number of halogens is 1. The zero-order chi connectivity index (χ0) is 19.4. The number of methoxy groups -OCH3 is 1. The highest BCUT2D eigenvalue weighted by Crippen LogP contribution is 2.41. The van der Waals surface area contributed by atoms with Crippen molar-refractivity contribution in [2.45, 2.75) is 71.1 Å². The summed E-state index contributed by atoms with van der Waals surface area (Å²) in [5.74, 6) is 1.65. The Morgan fingerprint density at radius 2 is 1.75 bits per heavy atom. The number of carbonyl (C=O) groups is 1. The zero-order valence-corrected chi connectivity index (χ0v) is 20.2. The summed E-state index contributed by atoms with van der Waals surface area (Å²) in [5.41, 5.74) is 0.299. The Morgan fingerprint density at radius 1 is 1.07 bits per heavy atom. The molecule has 0 aromatic heterocycles. The van der Waals surface area contributed by atoms with E-state index in [1.807, 2.05) is 0 Å². The number of hydrogen-bond acceptors (Lipinski definition) is 3. The van der Waals surface area contributed by atoms with Crippen molar-refractivity contribution in [1.82, 2.24) is 16.0 Å². The molecule has 0 aliphatic heterocycles. The predicted octanol–water partition coefficient (Wildman–Crippen LogP) is 3.45. The SMILES string of the molecule is CCNC(=NCC1(CCOC)CCCC1)NCCNC(=O)CC1CCCC1.I. The summed E-state index contributed by atoms with van der Waals surface area (Å²) < 4.78 is 5.31. The van der Waals surface area contributed by atoms with Gasteiger partial charge >= 0.3 is 0 Å². The maximum atomic E-state index is 12.0. The van der Waals surface area contributed by atoms with Crippen LogP contribution in [-0.4, -0.2) is 51.8 Å². The van der Waals surface area contributed by atoms with Gasteiger partial charge < -0.3 is 20.7 Å². The second-order valence-electron chi connectivity index (χ2n) is 8.28. The van der Waals surface area contributed by atoms with E-state index in [2.05, 4.69) is 22.9 Å². The van der Waals surface area contributed by atoms with Crippen LogP contribution in [-0.2, 0) is 9.53 Å². The first-order chi connectivity index (χ1) is 13.2. The zero-order valence-electron chi connectivity index (χ0n) is 17.9. The normalized spacial score (nSPS) is 19.3. The van der Waals surface area contributed by atoms with Crippen LogP contribution in [0.25, 0.3) is 0 Å². The molecule has 0 heterocycles. The first-order valence-electron chi connectivity index (χ1n) is 11.0. The van der Waals surface area contributed by atoms with Gasteiger partial charge in [-0.15, -0.1) is 24.0 Å². The minimum Gasteiger partial charge on any atom is -0.385 e. The van der Waals surface area contributed by atoms with Crippen LogP contribution >= 0.6 is 24.0 Å². The summed E-state index contributed by atoms with van der Waals surface area (Å²) in [5, 5.41) is 9.72. The summed E-state index contributed by atoms with van der Waals surface area (Å²) in [6.07, 6.45) is 11.9. The van der Waals surface area contributed by atoms with Crippen LogP contribution in [0.2, 0.25) is 0 Å². The van der Waals surface area contributed by atoms with Crippen LogP contribution in [0.3, 0.4) is 0 Å². The lowest BCUT2D eigenvalue weighted by molar-refractivity contribution is -0.121. The number of rotatable bonds is 11. The van der Waals surface area contributed by atoms with Crippen molar-refractivity contribution in [1.29, 1.82) is 0 Å². The lowest BCUT2D eigenvalue weighted by Crippen LogP contribution is -2.42. The fraction of sp³-hybridized carbons (Fsp3) is 0.905. The molecule has 1 amide bonds. The maximum Gasteiger partial charge on any atom is 0.220 e. The van der Waals surface area contributed by atoms with Gasteiger partial charge in [0.25, 0.3) is 0 Å². The van der Waals surface area contributed by atoms with Crippen molar-refractivity contribution in [3.8, 4) is 0 Å². The molecular formula is C21H41IN4O2. The number of ether oxygens (including phenoxy) is 1. The number of aliphatic imine (C=N–C) groups is 1. The summed E-state index contributed by atoms with van der Waals surface area (Å²) >= 11 is 0.